The second-order valence-corrected chi connectivity index (χ2v) is 4.13. The highest BCUT2D eigenvalue weighted by atomic mass is 16.5. The predicted molar refractivity (Wildman–Crippen MR) is 66.2 cm³/mol. The number of hydrogen-bond donors (Lipinski definition) is 1. The van der Waals surface area contributed by atoms with Gasteiger partial charge in [0.2, 0.25) is 0 Å². The first kappa shape index (κ1) is 12.8. The molecule has 16 heavy (non-hydrogen) atoms. The third kappa shape index (κ3) is 2.67. The summed E-state index contributed by atoms with van der Waals surface area (Å²) in [5.41, 5.74) is 7.88. The summed E-state index contributed by atoms with van der Waals surface area (Å²) in [5, 5.41) is 0. The van der Waals surface area contributed by atoms with Gasteiger partial charge in [-0.3, -0.25) is 0 Å². The van der Waals surface area contributed by atoms with Crippen LogP contribution in [0.25, 0.3) is 0 Å². The number of methoxy groups -OCH3 is 2. The Morgan fingerprint density at radius 1 is 1.25 bits per heavy atom. The maximum atomic E-state index is 5.64. The van der Waals surface area contributed by atoms with Gasteiger partial charge in [0.1, 0.15) is 11.5 Å². The summed E-state index contributed by atoms with van der Waals surface area (Å²) >= 11 is 0. The van der Waals surface area contributed by atoms with Crippen molar-refractivity contribution in [3.05, 3.63) is 23.3 Å². The van der Waals surface area contributed by atoms with Gasteiger partial charge < -0.3 is 15.2 Å². The fourth-order valence-corrected chi connectivity index (χ4v) is 1.85. The average Bonchev–Trinajstić information content (AvgIpc) is 2.29. The van der Waals surface area contributed by atoms with E-state index in [1.54, 1.807) is 14.2 Å². The van der Waals surface area contributed by atoms with Gasteiger partial charge in [-0.2, -0.15) is 0 Å². The molecule has 0 aliphatic heterocycles. The van der Waals surface area contributed by atoms with E-state index in [-0.39, 0.29) is 0 Å². The Morgan fingerprint density at radius 3 is 2.44 bits per heavy atom. The van der Waals surface area contributed by atoms with Crippen molar-refractivity contribution in [3.8, 4) is 11.5 Å². The predicted octanol–water partition coefficient (Wildman–Crippen LogP) is 2.15. The normalized spacial score (nSPS) is 12.3. The second kappa shape index (κ2) is 5.75. The first-order valence-electron chi connectivity index (χ1n) is 5.54. The van der Waals surface area contributed by atoms with Crippen LogP contribution < -0.4 is 15.2 Å². The molecule has 0 aliphatic rings. The van der Waals surface area contributed by atoms with Crippen LogP contribution in [0.1, 0.15) is 18.1 Å². The van der Waals surface area contributed by atoms with Crippen LogP contribution in [0.3, 0.4) is 0 Å². The standard InChI is InChI=1S/C13H21NO2/c1-9(8-14)7-11-5-6-12(15-3)10(2)13(11)16-4/h5-6,9H,7-8,14H2,1-4H3. The molecular weight excluding hydrogens is 202 g/mol. The van der Waals surface area contributed by atoms with Crippen molar-refractivity contribution >= 4 is 0 Å². The maximum absolute atomic E-state index is 5.64. The van der Waals surface area contributed by atoms with Gasteiger partial charge in [-0.1, -0.05) is 13.0 Å². The van der Waals surface area contributed by atoms with Crippen molar-refractivity contribution in [2.45, 2.75) is 20.3 Å². The molecule has 1 aromatic rings. The molecule has 1 unspecified atom stereocenters. The van der Waals surface area contributed by atoms with Gasteiger partial charge >= 0.3 is 0 Å². The molecule has 0 heterocycles. The monoisotopic (exact) mass is 223 g/mol. The van der Waals surface area contributed by atoms with E-state index in [9.17, 15) is 0 Å². The summed E-state index contributed by atoms with van der Waals surface area (Å²) in [7, 11) is 3.36. The highest BCUT2D eigenvalue weighted by molar-refractivity contribution is 5.49. The minimum atomic E-state index is 0.460. The zero-order valence-electron chi connectivity index (χ0n) is 10.5. The van der Waals surface area contributed by atoms with Crippen LogP contribution in [0, 0.1) is 12.8 Å². The van der Waals surface area contributed by atoms with Crippen molar-refractivity contribution < 1.29 is 9.47 Å². The number of nitrogens with two attached hydrogens (primary N) is 1. The molecule has 0 saturated carbocycles. The fraction of sp³-hybridized carbons (Fsp3) is 0.538. The summed E-state index contributed by atoms with van der Waals surface area (Å²) in [6.45, 7) is 4.83. The Labute approximate surface area is 97.6 Å². The summed E-state index contributed by atoms with van der Waals surface area (Å²) in [5.74, 6) is 2.24. The molecule has 0 radical (unpaired) electrons. The van der Waals surface area contributed by atoms with Gasteiger partial charge in [-0.15, -0.1) is 0 Å². The molecule has 1 aromatic carbocycles. The molecule has 1 atom stereocenters. The summed E-state index contributed by atoms with van der Waals surface area (Å²) in [6, 6.07) is 4.03. The summed E-state index contributed by atoms with van der Waals surface area (Å²) in [6.07, 6.45) is 0.935. The van der Waals surface area contributed by atoms with E-state index < -0.39 is 0 Å². The Kier molecular flexibility index (Phi) is 4.62. The van der Waals surface area contributed by atoms with Crippen LogP contribution in [-0.2, 0) is 6.42 Å². The molecular formula is C13H21NO2. The molecule has 0 amide bonds. The number of rotatable bonds is 5. The Morgan fingerprint density at radius 2 is 1.94 bits per heavy atom. The number of hydrogen-bond acceptors (Lipinski definition) is 3. The molecule has 0 aliphatic carbocycles. The molecule has 3 heteroatoms. The Balaban J connectivity index is 3.05. The third-order valence-corrected chi connectivity index (χ3v) is 2.83. The summed E-state index contributed by atoms with van der Waals surface area (Å²) < 4.78 is 10.7. The van der Waals surface area contributed by atoms with E-state index in [1.165, 1.54) is 5.56 Å². The largest absolute Gasteiger partial charge is 0.496 e. The van der Waals surface area contributed by atoms with Crippen molar-refractivity contribution in [2.24, 2.45) is 11.7 Å². The molecule has 0 bridgehead atoms. The lowest BCUT2D eigenvalue weighted by molar-refractivity contribution is 0.383. The molecule has 1 rings (SSSR count). The molecule has 0 spiro atoms. The topological polar surface area (TPSA) is 44.5 Å². The number of ether oxygens (including phenoxy) is 2. The molecule has 0 saturated heterocycles. The average molecular weight is 223 g/mol. The van der Waals surface area contributed by atoms with Crippen molar-refractivity contribution in [2.75, 3.05) is 20.8 Å². The SMILES string of the molecule is COc1ccc(CC(C)CN)c(OC)c1C. The van der Waals surface area contributed by atoms with E-state index in [0.717, 1.165) is 23.5 Å². The molecule has 0 aromatic heterocycles. The lowest BCUT2D eigenvalue weighted by Crippen LogP contribution is -2.13. The maximum Gasteiger partial charge on any atom is 0.128 e. The Hall–Kier alpha value is -1.22. The minimum absolute atomic E-state index is 0.460. The smallest absolute Gasteiger partial charge is 0.128 e. The molecule has 90 valence electrons. The Bertz CT molecular complexity index is 350. The van der Waals surface area contributed by atoms with Gasteiger partial charge in [0.15, 0.2) is 0 Å². The van der Waals surface area contributed by atoms with E-state index in [2.05, 4.69) is 13.0 Å². The first-order chi connectivity index (χ1) is 7.63. The van der Waals surface area contributed by atoms with Crippen molar-refractivity contribution in [1.82, 2.24) is 0 Å². The van der Waals surface area contributed by atoms with Crippen molar-refractivity contribution in [3.63, 3.8) is 0 Å². The highest BCUT2D eigenvalue weighted by Gasteiger charge is 2.12. The van der Waals surface area contributed by atoms with Crippen LogP contribution in [0.4, 0.5) is 0 Å². The van der Waals surface area contributed by atoms with Crippen LogP contribution in [0.5, 0.6) is 11.5 Å². The second-order valence-electron chi connectivity index (χ2n) is 4.13. The third-order valence-electron chi connectivity index (χ3n) is 2.83. The molecule has 3 nitrogen and oxygen atoms in total. The quantitative estimate of drug-likeness (QED) is 0.832. The van der Waals surface area contributed by atoms with Crippen LogP contribution in [0.15, 0.2) is 12.1 Å². The number of benzene rings is 1. The molecule has 0 fully saturated rings. The minimum Gasteiger partial charge on any atom is -0.496 e. The first-order valence-corrected chi connectivity index (χ1v) is 5.54. The van der Waals surface area contributed by atoms with E-state index >= 15 is 0 Å². The fourth-order valence-electron chi connectivity index (χ4n) is 1.85. The lowest BCUT2D eigenvalue weighted by atomic mass is 9.98. The summed E-state index contributed by atoms with van der Waals surface area (Å²) in [4.78, 5) is 0. The van der Waals surface area contributed by atoms with Crippen molar-refractivity contribution in [1.29, 1.82) is 0 Å². The van der Waals surface area contributed by atoms with Crippen LogP contribution in [-0.4, -0.2) is 20.8 Å². The zero-order chi connectivity index (χ0) is 12.1. The zero-order valence-corrected chi connectivity index (χ0v) is 10.5. The van der Waals surface area contributed by atoms with Crippen LogP contribution in [0.2, 0.25) is 0 Å². The van der Waals surface area contributed by atoms with Crippen LogP contribution >= 0.6 is 0 Å². The van der Waals surface area contributed by atoms with Gasteiger partial charge in [0.25, 0.3) is 0 Å². The van der Waals surface area contributed by atoms with E-state index in [1.807, 2.05) is 13.0 Å². The van der Waals surface area contributed by atoms with E-state index in [4.69, 9.17) is 15.2 Å². The van der Waals surface area contributed by atoms with Gasteiger partial charge in [0.05, 0.1) is 14.2 Å². The van der Waals surface area contributed by atoms with E-state index in [0.29, 0.717) is 12.5 Å². The lowest BCUT2D eigenvalue weighted by Gasteiger charge is -2.16. The highest BCUT2D eigenvalue weighted by Crippen LogP contribution is 2.32. The van der Waals surface area contributed by atoms with Gasteiger partial charge in [-0.25, -0.2) is 0 Å². The van der Waals surface area contributed by atoms with Gasteiger partial charge in [0, 0.05) is 5.56 Å². The molecule has 2 N–H and O–H groups in total. The van der Waals surface area contributed by atoms with Gasteiger partial charge in [-0.05, 0) is 37.4 Å².